The van der Waals surface area contributed by atoms with E-state index in [0.717, 1.165) is 25.7 Å². The van der Waals surface area contributed by atoms with Crippen LogP contribution in [0.1, 0.15) is 66.2 Å². The average molecular weight is 551 g/mol. The molecule has 2 aromatic rings. The minimum absolute atomic E-state index is 0.0499. The van der Waals surface area contributed by atoms with Gasteiger partial charge in [0.05, 0.1) is 23.2 Å². The number of piperazine rings is 1. The van der Waals surface area contributed by atoms with Crippen LogP contribution in [0.2, 0.25) is 5.02 Å². The summed E-state index contributed by atoms with van der Waals surface area (Å²) in [6.45, 7) is 9.56. The Morgan fingerprint density at radius 2 is 1.95 bits per heavy atom. The zero-order chi connectivity index (χ0) is 26.8. The first kappa shape index (κ1) is 27.9. The highest BCUT2D eigenvalue weighted by Crippen LogP contribution is 2.43. The molecule has 2 fully saturated rings. The normalized spacial score (nSPS) is 23.1. The number of nitrogens with zero attached hydrogens (tertiary/aromatic N) is 4. The molecule has 0 spiro atoms. The van der Waals surface area contributed by atoms with Crippen LogP contribution in [0.25, 0.3) is 5.69 Å². The molecular formula is C27H39ClN4O4S. The Labute approximate surface area is 225 Å². The lowest BCUT2D eigenvalue weighted by molar-refractivity contribution is 0.180. The van der Waals surface area contributed by atoms with Gasteiger partial charge in [-0.3, -0.25) is 4.79 Å². The van der Waals surface area contributed by atoms with Crippen molar-refractivity contribution in [1.29, 1.82) is 0 Å². The molecule has 37 heavy (non-hydrogen) atoms. The number of aromatic nitrogens is 2. The molecule has 1 aliphatic carbocycles. The van der Waals surface area contributed by atoms with E-state index in [4.69, 9.17) is 16.3 Å². The van der Waals surface area contributed by atoms with Crippen LogP contribution in [0.5, 0.6) is 5.75 Å². The minimum atomic E-state index is -3.33. The minimum Gasteiger partial charge on any atom is -0.483 e. The Hall–Kier alpha value is -2.10. The second-order valence-electron chi connectivity index (χ2n) is 10.9. The monoisotopic (exact) mass is 550 g/mol. The summed E-state index contributed by atoms with van der Waals surface area (Å²) in [6.07, 6.45) is 8.01. The second-order valence-corrected chi connectivity index (χ2v) is 13.9. The van der Waals surface area contributed by atoms with Crippen molar-refractivity contribution in [3.8, 4) is 11.4 Å². The Bertz CT molecular complexity index is 1260. The van der Waals surface area contributed by atoms with E-state index in [-0.39, 0.29) is 22.8 Å². The van der Waals surface area contributed by atoms with Crippen LogP contribution < -0.4 is 15.2 Å². The van der Waals surface area contributed by atoms with E-state index in [0.29, 0.717) is 42.6 Å². The summed E-state index contributed by atoms with van der Waals surface area (Å²) in [6, 6.07) is 7.02. The molecule has 2 atom stereocenters. The molecular weight excluding hydrogens is 512 g/mol. The molecule has 1 aliphatic heterocycles. The molecule has 2 aliphatic rings. The molecule has 10 heteroatoms. The van der Waals surface area contributed by atoms with Crippen LogP contribution in [0, 0.1) is 5.41 Å². The molecule has 1 aromatic heterocycles. The topological polar surface area (TPSA) is 84.7 Å². The Morgan fingerprint density at radius 1 is 1.22 bits per heavy atom. The van der Waals surface area contributed by atoms with Crippen molar-refractivity contribution in [2.75, 3.05) is 31.1 Å². The fourth-order valence-corrected chi connectivity index (χ4v) is 6.85. The molecule has 2 heterocycles. The second kappa shape index (κ2) is 11.3. The predicted molar refractivity (Wildman–Crippen MR) is 149 cm³/mol. The lowest BCUT2D eigenvalue weighted by Crippen LogP contribution is -2.50. The maximum atomic E-state index is 13.8. The van der Waals surface area contributed by atoms with Gasteiger partial charge < -0.3 is 9.64 Å². The van der Waals surface area contributed by atoms with Gasteiger partial charge in [0.2, 0.25) is 15.8 Å². The zero-order valence-electron chi connectivity index (χ0n) is 22.3. The summed E-state index contributed by atoms with van der Waals surface area (Å²) >= 11 is 6.19. The quantitative estimate of drug-likeness (QED) is 0.442. The summed E-state index contributed by atoms with van der Waals surface area (Å²) in [5.74, 6) is 0.278. The first-order valence-corrected chi connectivity index (χ1v) is 15.2. The number of unbranched alkanes of at least 4 members (excludes halogenated alkanes) is 1. The summed E-state index contributed by atoms with van der Waals surface area (Å²) in [5.41, 5.74) is 1.07. The number of sulfonamides is 1. The van der Waals surface area contributed by atoms with Crippen LogP contribution in [0.15, 0.2) is 35.3 Å². The third kappa shape index (κ3) is 6.15. The highest BCUT2D eigenvalue weighted by atomic mass is 35.5. The van der Waals surface area contributed by atoms with Gasteiger partial charge >= 0.3 is 5.56 Å². The van der Waals surface area contributed by atoms with E-state index in [1.165, 1.54) is 21.8 Å². The highest BCUT2D eigenvalue weighted by molar-refractivity contribution is 7.89. The lowest BCUT2D eigenvalue weighted by atomic mass is 9.83. The summed E-state index contributed by atoms with van der Waals surface area (Å²) in [5, 5.41) is 4.51. The smallest absolute Gasteiger partial charge is 0.316 e. The van der Waals surface area contributed by atoms with Crippen molar-refractivity contribution < 1.29 is 13.2 Å². The highest BCUT2D eigenvalue weighted by Gasteiger charge is 2.37. The van der Waals surface area contributed by atoms with Crippen molar-refractivity contribution in [1.82, 2.24) is 14.1 Å². The van der Waals surface area contributed by atoms with E-state index < -0.39 is 15.3 Å². The van der Waals surface area contributed by atoms with E-state index in [2.05, 4.69) is 18.9 Å². The van der Waals surface area contributed by atoms with E-state index in [1.54, 1.807) is 44.3 Å². The van der Waals surface area contributed by atoms with E-state index in [9.17, 15) is 13.2 Å². The van der Waals surface area contributed by atoms with Crippen LogP contribution in [-0.4, -0.2) is 60.0 Å². The van der Waals surface area contributed by atoms with Crippen molar-refractivity contribution in [2.24, 2.45) is 5.41 Å². The van der Waals surface area contributed by atoms with Gasteiger partial charge in [0, 0.05) is 31.2 Å². The fourth-order valence-electron chi connectivity index (χ4n) is 5.40. The molecule has 1 aromatic carbocycles. The number of benzene rings is 1. The van der Waals surface area contributed by atoms with Gasteiger partial charge in [-0.1, -0.05) is 44.4 Å². The maximum absolute atomic E-state index is 13.8. The predicted octanol–water partition coefficient (Wildman–Crippen LogP) is 4.87. The van der Waals surface area contributed by atoms with Gasteiger partial charge in [0.25, 0.3) is 0 Å². The fraction of sp³-hybridized carbons (Fsp3) is 0.630. The Morgan fingerprint density at radius 3 is 2.59 bits per heavy atom. The van der Waals surface area contributed by atoms with Crippen LogP contribution in [0.3, 0.4) is 0 Å². The standard InChI is InChI=1S/C27H39ClN4O4S/c1-5-6-11-27(4)12-10-23(18-27)36-25-24(30-13-15-31(16-14-30)37(34,35)20(2)3)19-29-32(26(25)33)22-9-7-8-21(28)17-22/h7-9,17,19-20,23H,5-6,10-16,18H2,1-4H3. The number of anilines is 1. The Kier molecular flexibility index (Phi) is 8.55. The molecule has 1 saturated heterocycles. The molecule has 0 bridgehead atoms. The average Bonchev–Trinajstić information content (AvgIpc) is 3.24. The number of halogens is 1. The lowest BCUT2D eigenvalue weighted by Gasteiger charge is -2.36. The molecule has 0 radical (unpaired) electrons. The van der Waals surface area contributed by atoms with Crippen LogP contribution in [-0.2, 0) is 10.0 Å². The molecule has 204 valence electrons. The first-order valence-electron chi connectivity index (χ1n) is 13.3. The molecule has 2 unspecified atom stereocenters. The van der Waals surface area contributed by atoms with Crippen LogP contribution in [0.4, 0.5) is 5.69 Å². The third-order valence-corrected chi connectivity index (χ3v) is 10.2. The SMILES string of the molecule is CCCCC1(C)CCC(Oc2c(N3CCN(S(=O)(=O)C(C)C)CC3)cnn(-c3cccc(Cl)c3)c2=O)C1. The number of ether oxygens (including phenoxy) is 1. The number of hydrogen-bond donors (Lipinski definition) is 0. The van der Waals surface area contributed by atoms with Gasteiger partial charge in [-0.05, 0) is 63.1 Å². The Balaban J connectivity index is 1.64. The summed E-state index contributed by atoms with van der Waals surface area (Å²) in [4.78, 5) is 15.8. The van der Waals surface area contributed by atoms with Crippen molar-refractivity contribution in [2.45, 2.75) is 77.6 Å². The molecule has 1 saturated carbocycles. The first-order chi connectivity index (χ1) is 17.5. The maximum Gasteiger partial charge on any atom is 0.316 e. The largest absolute Gasteiger partial charge is 0.483 e. The molecule has 4 rings (SSSR count). The molecule has 8 nitrogen and oxygen atoms in total. The van der Waals surface area contributed by atoms with Crippen molar-refractivity contribution >= 4 is 27.3 Å². The third-order valence-electron chi connectivity index (χ3n) is 7.71. The van der Waals surface area contributed by atoms with Crippen LogP contribution >= 0.6 is 11.6 Å². The van der Waals surface area contributed by atoms with Gasteiger partial charge in [0.1, 0.15) is 5.69 Å². The summed E-state index contributed by atoms with van der Waals surface area (Å²) < 4.78 is 34.7. The van der Waals surface area contributed by atoms with Gasteiger partial charge in [-0.25, -0.2) is 8.42 Å². The van der Waals surface area contributed by atoms with E-state index in [1.807, 2.05) is 4.90 Å². The van der Waals surface area contributed by atoms with Crippen molar-refractivity contribution in [3.63, 3.8) is 0 Å². The zero-order valence-corrected chi connectivity index (χ0v) is 23.9. The number of hydrogen-bond acceptors (Lipinski definition) is 6. The molecule has 0 N–H and O–H groups in total. The van der Waals surface area contributed by atoms with Gasteiger partial charge in [-0.15, -0.1) is 0 Å². The van der Waals surface area contributed by atoms with Gasteiger partial charge in [-0.2, -0.15) is 14.1 Å². The molecule has 0 amide bonds. The summed E-state index contributed by atoms with van der Waals surface area (Å²) in [7, 11) is -3.33. The van der Waals surface area contributed by atoms with E-state index >= 15 is 0 Å². The number of rotatable bonds is 9. The van der Waals surface area contributed by atoms with Crippen molar-refractivity contribution in [3.05, 3.63) is 45.8 Å². The van der Waals surface area contributed by atoms with Gasteiger partial charge in [0.15, 0.2) is 0 Å².